The average molecular weight is 507 g/mol. The third kappa shape index (κ3) is 6.75. The number of carbonyl (C=O) groups is 3. The number of nitrogens with zero attached hydrogens (tertiary/aromatic N) is 3. The van der Waals surface area contributed by atoms with E-state index in [1.807, 2.05) is 0 Å². The number of alkyl halides is 2. The number of piperazine rings is 1. The minimum absolute atomic E-state index is 0.0826. The van der Waals surface area contributed by atoms with Crippen molar-refractivity contribution in [2.45, 2.75) is 19.9 Å². The fraction of sp³-hybridized carbons (Fsp3) is 0.400. The summed E-state index contributed by atoms with van der Waals surface area (Å²) in [5.74, 6) is -2.50. The normalized spacial score (nSPS) is 14.0. The molecule has 0 spiro atoms. The molecule has 1 aliphatic heterocycles. The second-order valence-corrected chi connectivity index (χ2v) is 8.24. The maximum atomic E-state index is 15.0. The van der Waals surface area contributed by atoms with Gasteiger partial charge in [-0.25, -0.2) is 9.18 Å². The summed E-state index contributed by atoms with van der Waals surface area (Å²) in [7, 11) is 1.51. The average Bonchev–Trinajstić information content (AvgIpc) is 2.90. The highest BCUT2D eigenvalue weighted by atomic mass is 19.3. The fourth-order valence-corrected chi connectivity index (χ4v) is 3.84. The standard InChI is InChI=1S/C25H29F3N4O4/c1-3-30-9-11-31(12-10-30)25(35)32(19-5-4-6-20(14-19)36-2)16-18-8-7-17(13-21(18)26)22(33)15-29-24(34)23(27)28/h4-8,13-14,23H,3,9-12,15-16H2,1-2H3,(H,29,34). The molecular weight excluding hydrogens is 477 g/mol. The first kappa shape index (κ1) is 27.0. The van der Waals surface area contributed by atoms with Crippen LogP contribution in [0.3, 0.4) is 0 Å². The maximum Gasteiger partial charge on any atom is 0.324 e. The van der Waals surface area contributed by atoms with Crippen LogP contribution < -0.4 is 15.0 Å². The van der Waals surface area contributed by atoms with Crippen molar-refractivity contribution in [2.24, 2.45) is 0 Å². The van der Waals surface area contributed by atoms with E-state index in [0.717, 1.165) is 25.7 Å². The van der Waals surface area contributed by atoms with Crippen LogP contribution in [-0.4, -0.2) is 80.3 Å². The summed E-state index contributed by atoms with van der Waals surface area (Å²) in [4.78, 5) is 42.1. The number of likely N-dealkylation sites (N-methyl/N-ethyl adjacent to an activating group) is 1. The van der Waals surface area contributed by atoms with Crippen molar-refractivity contribution in [2.75, 3.05) is 51.3 Å². The van der Waals surface area contributed by atoms with Crippen LogP contribution in [0, 0.1) is 5.82 Å². The Hall–Kier alpha value is -3.60. The molecule has 0 saturated carbocycles. The third-order valence-electron chi connectivity index (χ3n) is 6.01. The lowest BCUT2D eigenvalue weighted by Crippen LogP contribution is -2.52. The van der Waals surface area contributed by atoms with Gasteiger partial charge in [0, 0.05) is 49.1 Å². The molecule has 1 N–H and O–H groups in total. The minimum Gasteiger partial charge on any atom is -0.497 e. The quantitative estimate of drug-likeness (QED) is 0.529. The van der Waals surface area contributed by atoms with Crippen molar-refractivity contribution >= 4 is 23.4 Å². The van der Waals surface area contributed by atoms with Crippen LogP contribution in [0.15, 0.2) is 42.5 Å². The lowest BCUT2D eigenvalue weighted by molar-refractivity contribution is -0.131. The van der Waals surface area contributed by atoms with Crippen molar-refractivity contribution in [3.63, 3.8) is 0 Å². The number of amides is 3. The van der Waals surface area contributed by atoms with Gasteiger partial charge in [-0.05, 0) is 24.7 Å². The van der Waals surface area contributed by atoms with Gasteiger partial charge >= 0.3 is 12.5 Å². The maximum absolute atomic E-state index is 15.0. The molecule has 0 bridgehead atoms. The topological polar surface area (TPSA) is 82.2 Å². The van der Waals surface area contributed by atoms with E-state index in [-0.39, 0.29) is 23.7 Å². The number of nitrogens with one attached hydrogen (secondary N) is 1. The zero-order valence-electron chi connectivity index (χ0n) is 20.2. The van der Waals surface area contributed by atoms with E-state index in [2.05, 4.69) is 11.8 Å². The van der Waals surface area contributed by atoms with Gasteiger partial charge in [-0.2, -0.15) is 8.78 Å². The molecule has 2 aromatic rings. The predicted molar refractivity (Wildman–Crippen MR) is 128 cm³/mol. The van der Waals surface area contributed by atoms with Crippen molar-refractivity contribution < 1.29 is 32.3 Å². The highest BCUT2D eigenvalue weighted by Crippen LogP contribution is 2.25. The number of rotatable bonds is 9. The van der Waals surface area contributed by atoms with E-state index in [0.29, 0.717) is 24.5 Å². The highest BCUT2D eigenvalue weighted by Gasteiger charge is 2.27. The molecule has 0 aliphatic carbocycles. The van der Waals surface area contributed by atoms with Crippen molar-refractivity contribution in [1.29, 1.82) is 0 Å². The first-order chi connectivity index (χ1) is 17.2. The summed E-state index contributed by atoms with van der Waals surface area (Å²) in [5, 5.41) is 1.80. The molecule has 1 heterocycles. The van der Waals surface area contributed by atoms with Gasteiger partial charge in [-0.3, -0.25) is 14.5 Å². The summed E-state index contributed by atoms with van der Waals surface area (Å²) < 4.78 is 44.9. The summed E-state index contributed by atoms with van der Waals surface area (Å²) in [5.41, 5.74) is 0.596. The van der Waals surface area contributed by atoms with Crippen molar-refractivity contribution in [1.82, 2.24) is 15.1 Å². The number of anilines is 1. The van der Waals surface area contributed by atoms with Crippen LogP contribution in [0.1, 0.15) is 22.8 Å². The Kier molecular flexibility index (Phi) is 9.29. The molecular formula is C25H29F3N4O4. The number of hydrogen-bond donors (Lipinski definition) is 1. The van der Waals surface area contributed by atoms with Crippen LogP contribution in [0.5, 0.6) is 5.75 Å². The second kappa shape index (κ2) is 12.4. The Morgan fingerprint density at radius 2 is 1.81 bits per heavy atom. The zero-order chi connectivity index (χ0) is 26.2. The Morgan fingerprint density at radius 1 is 1.08 bits per heavy atom. The predicted octanol–water partition coefficient (Wildman–Crippen LogP) is 3.16. The van der Waals surface area contributed by atoms with Crippen molar-refractivity contribution in [3.05, 3.63) is 59.4 Å². The van der Waals surface area contributed by atoms with Gasteiger partial charge in [0.05, 0.1) is 20.2 Å². The zero-order valence-corrected chi connectivity index (χ0v) is 20.2. The molecule has 0 unspecified atom stereocenters. The van der Waals surface area contributed by atoms with Crippen LogP contribution in [0.4, 0.5) is 23.7 Å². The summed E-state index contributed by atoms with van der Waals surface area (Å²) in [6.45, 7) is 4.71. The monoisotopic (exact) mass is 506 g/mol. The number of benzene rings is 2. The molecule has 1 saturated heterocycles. The lowest BCUT2D eigenvalue weighted by Gasteiger charge is -2.37. The van der Waals surface area contributed by atoms with Gasteiger partial charge in [0.2, 0.25) is 0 Å². The van der Waals surface area contributed by atoms with E-state index in [9.17, 15) is 23.2 Å². The Balaban J connectivity index is 1.81. The molecule has 11 heteroatoms. The molecule has 8 nitrogen and oxygen atoms in total. The van der Waals surface area contributed by atoms with Gasteiger partial charge in [0.15, 0.2) is 5.78 Å². The molecule has 3 amide bonds. The molecule has 0 atom stereocenters. The summed E-state index contributed by atoms with van der Waals surface area (Å²) in [6.07, 6.45) is -3.25. The number of hydrogen-bond acceptors (Lipinski definition) is 5. The number of ether oxygens (including phenoxy) is 1. The van der Waals surface area contributed by atoms with Gasteiger partial charge in [-0.15, -0.1) is 0 Å². The number of Topliss-reactive ketones (excluding diaryl/α,β-unsaturated/α-hetero) is 1. The molecule has 3 rings (SSSR count). The Labute approximate surface area is 207 Å². The number of methoxy groups -OCH3 is 1. The molecule has 2 aromatic carbocycles. The molecule has 0 radical (unpaired) electrons. The van der Waals surface area contributed by atoms with Gasteiger partial charge in [0.1, 0.15) is 11.6 Å². The summed E-state index contributed by atoms with van der Waals surface area (Å²) >= 11 is 0. The number of carbonyl (C=O) groups excluding carboxylic acids is 3. The van der Waals surface area contributed by atoms with Crippen LogP contribution in [-0.2, 0) is 11.3 Å². The molecule has 0 aromatic heterocycles. The van der Waals surface area contributed by atoms with Crippen LogP contribution >= 0.6 is 0 Å². The number of ketones is 1. The molecule has 1 fully saturated rings. The Morgan fingerprint density at radius 3 is 2.42 bits per heavy atom. The smallest absolute Gasteiger partial charge is 0.324 e. The number of urea groups is 1. The molecule has 194 valence electrons. The second-order valence-electron chi connectivity index (χ2n) is 8.24. The van der Waals surface area contributed by atoms with Gasteiger partial charge < -0.3 is 19.9 Å². The lowest BCUT2D eigenvalue weighted by atomic mass is 10.1. The van der Waals surface area contributed by atoms with Crippen LogP contribution in [0.25, 0.3) is 0 Å². The largest absolute Gasteiger partial charge is 0.497 e. The SMILES string of the molecule is CCN1CCN(C(=O)N(Cc2ccc(C(=O)CNC(=O)C(F)F)cc2F)c2cccc(OC)c2)CC1. The van der Waals surface area contributed by atoms with Gasteiger partial charge in [0.25, 0.3) is 5.91 Å². The van der Waals surface area contributed by atoms with E-state index < -0.39 is 30.5 Å². The van der Waals surface area contributed by atoms with Crippen molar-refractivity contribution in [3.8, 4) is 5.75 Å². The molecule has 36 heavy (non-hydrogen) atoms. The van der Waals surface area contributed by atoms with Gasteiger partial charge in [-0.1, -0.05) is 25.1 Å². The fourth-order valence-electron chi connectivity index (χ4n) is 3.84. The molecule has 1 aliphatic rings. The van der Waals surface area contributed by atoms with E-state index >= 15 is 4.39 Å². The Bertz CT molecular complexity index is 1090. The highest BCUT2D eigenvalue weighted by molar-refractivity contribution is 5.99. The third-order valence-corrected chi connectivity index (χ3v) is 6.01. The summed E-state index contributed by atoms with van der Waals surface area (Å²) in [6, 6.07) is 10.3. The minimum atomic E-state index is -3.25. The first-order valence-corrected chi connectivity index (χ1v) is 11.5. The van der Waals surface area contributed by atoms with E-state index in [1.54, 1.807) is 34.5 Å². The van der Waals surface area contributed by atoms with E-state index in [4.69, 9.17) is 4.74 Å². The number of halogens is 3. The van der Waals surface area contributed by atoms with E-state index in [1.165, 1.54) is 24.1 Å². The van der Waals surface area contributed by atoms with Crippen LogP contribution in [0.2, 0.25) is 0 Å². The first-order valence-electron chi connectivity index (χ1n) is 11.5.